The molecule has 0 N–H and O–H groups in total. The molecule has 35 heavy (non-hydrogen) atoms. The van der Waals surface area contributed by atoms with Gasteiger partial charge in [0.2, 0.25) is 0 Å². The molecule has 3 aromatic rings. The predicted molar refractivity (Wildman–Crippen MR) is 140 cm³/mol. The summed E-state index contributed by atoms with van der Waals surface area (Å²) in [5, 5.41) is 0. The van der Waals surface area contributed by atoms with Crippen molar-refractivity contribution in [2.24, 2.45) is 0 Å². The molecule has 3 aromatic carbocycles. The van der Waals surface area contributed by atoms with E-state index in [4.69, 9.17) is 4.74 Å². The fourth-order valence-corrected chi connectivity index (χ4v) is 5.01. The summed E-state index contributed by atoms with van der Waals surface area (Å²) in [6, 6.07) is 31.7. The zero-order valence-corrected chi connectivity index (χ0v) is 21.4. The number of esters is 1. The van der Waals surface area contributed by atoms with Crippen molar-refractivity contribution in [3.05, 3.63) is 108 Å². The molecular formula is C30H36N3O2+. The zero-order valence-electron chi connectivity index (χ0n) is 21.4. The lowest BCUT2D eigenvalue weighted by atomic mass is 9.93. The van der Waals surface area contributed by atoms with Crippen LogP contribution in [0.3, 0.4) is 0 Å². The Morgan fingerprint density at radius 3 is 1.63 bits per heavy atom. The highest BCUT2D eigenvalue weighted by molar-refractivity contribution is 5.80. The maximum Gasteiger partial charge on any atom is 0.352 e. The second-order valence-corrected chi connectivity index (χ2v) is 10.2. The summed E-state index contributed by atoms with van der Waals surface area (Å²) in [4.78, 5) is 17.6. The molecule has 0 aromatic heterocycles. The second-order valence-electron chi connectivity index (χ2n) is 10.2. The first-order valence-corrected chi connectivity index (χ1v) is 12.2. The third-order valence-electron chi connectivity index (χ3n) is 6.29. The van der Waals surface area contributed by atoms with Crippen molar-refractivity contribution in [1.29, 1.82) is 0 Å². The minimum atomic E-state index is -0.535. The van der Waals surface area contributed by atoms with Gasteiger partial charge in [0, 0.05) is 0 Å². The van der Waals surface area contributed by atoms with Crippen molar-refractivity contribution in [2.75, 3.05) is 20.6 Å². The highest BCUT2D eigenvalue weighted by Crippen LogP contribution is 2.43. The molecule has 2 unspecified atom stereocenters. The molecule has 0 bridgehead atoms. The van der Waals surface area contributed by atoms with Crippen LogP contribution in [0.1, 0.15) is 49.5 Å². The number of guanidine groups is 1. The van der Waals surface area contributed by atoms with E-state index in [1.54, 1.807) is 0 Å². The standard InChI is InChI=1S/C30H36N3O2/c1-30(2,3)35-26(34)22-33(21-23-15-9-6-10-16-23)29-31(4)27(24-17-11-7-12-18-24)28(32(29)5)25-19-13-8-14-20-25/h6-20,27-28H,21-22H2,1-5H3/q+1. The fraction of sp³-hybridized carbons (Fsp3) is 0.333. The number of hydrogen-bond acceptors (Lipinski definition) is 2. The van der Waals surface area contributed by atoms with Crippen molar-refractivity contribution in [2.45, 2.75) is 45.0 Å². The van der Waals surface area contributed by atoms with Crippen LogP contribution in [0.15, 0.2) is 91.0 Å². The molecular weight excluding hydrogens is 434 g/mol. The topological polar surface area (TPSA) is 35.8 Å². The average molecular weight is 471 g/mol. The third-order valence-corrected chi connectivity index (χ3v) is 6.29. The molecule has 1 aliphatic heterocycles. The number of nitrogens with zero attached hydrogens (tertiary/aromatic N) is 3. The van der Waals surface area contributed by atoms with E-state index in [2.05, 4.69) is 101 Å². The fourth-order valence-electron chi connectivity index (χ4n) is 5.01. The molecule has 0 spiro atoms. The Labute approximate surface area is 209 Å². The number of carbonyl (C=O) groups excluding carboxylic acids is 1. The molecule has 2 atom stereocenters. The van der Waals surface area contributed by atoms with Crippen LogP contribution in [-0.4, -0.2) is 52.5 Å². The first-order valence-electron chi connectivity index (χ1n) is 12.2. The Morgan fingerprint density at radius 1 is 0.771 bits per heavy atom. The van der Waals surface area contributed by atoms with Gasteiger partial charge in [0.05, 0.1) is 20.6 Å². The van der Waals surface area contributed by atoms with Gasteiger partial charge < -0.3 is 4.74 Å². The van der Waals surface area contributed by atoms with Crippen LogP contribution in [0, 0.1) is 0 Å². The Hall–Kier alpha value is -3.60. The van der Waals surface area contributed by atoms with Gasteiger partial charge in [-0.25, -0.2) is 9.37 Å². The SMILES string of the molecule is CN1C(=[N+](CC(=O)OC(C)(C)C)Cc2ccccc2)N(C)C(c2ccccc2)C1c1ccccc1. The lowest BCUT2D eigenvalue weighted by Gasteiger charge is -2.22. The van der Waals surface area contributed by atoms with E-state index >= 15 is 0 Å². The highest BCUT2D eigenvalue weighted by atomic mass is 16.6. The summed E-state index contributed by atoms with van der Waals surface area (Å²) in [6.45, 7) is 6.49. The van der Waals surface area contributed by atoms with Gasteiger partial charge in [0.25, 0.3) is 0 Å². The number of ether oxygens (including phenoxy) is 1. The zero-order chi connectivity index (χ0) is 25.0. The van der Waals surface area contributed by atoms with E-state index < -0.39 is 5.60 Å². The molecule has 1 aliphatic rings. The van der Waals surface area contributed by atoms with E-state index in [1.165, 1.54) is 11.1 Å². The average Bonchev–Trinajstić information content (AvgIpc) is 3.09. The van der Waals surface area contributed by atoms with Crippen molar-refractivity contribution in [1.82, 2.24) is 9.80 Å². The van der Waals surface area contributed by atoms with Gasteiger partial charge >= 0.3 is 11.9 Å². The van der Waals surface area contributed by atoms with Crippen molar-refractivity contribution >= 4 is 11.9 Å². The lowest BCUT2D eigenvalue weighted by molar-refractivity contribution is -0.543. The van der Waals surface area contributed by atoms with Crippen LogP contribution in [0.4, 0.5) is 0 Å². The summed E-state index contributed by atoms with van der Waals surface area (Å²) in [7, 11) is 4.25. The van der Waals surface area contributed by atoms with Crippen molar-refractivity contribution in [3.8, 4) is 0 Å². The van der Waals surface area contributed by atoms with Crippen LogP contribution >= 0.6 is 0 Å². The number of carbonyl (C=O) groups is 1. The van der Waals surface area contributed by atoms with Crippen LogP contribution in [0.2, 0.25) is 0 Å². The smallest absolute Gasteiger partial charge is 0.352 e. The highest BCUT2D eigenvalue weighted by Gasteiger charge is 2.50. The molecule has 1 heterocycles. The Morgan fingerprint density at radius 2 is 1.20 bits per heavy atom. The van der Waals surface area contributed by atoms with Gasteiger partial charge in [-0.3, -0.25) is 9.80 Å². The Kier molecular flexibility index (Phi) is 7.25. The summed E-state index contributed by atoms with van der Waals surface area (Å²) >= 11 is 0. The van der Waals surface area contributed by atoms with Gasteiger partial charge in [-0.2, -0.15) is 0 Å². The molecule has 1 saturated heterocycles. The number of benzene rings is 3. The summed E-state index contributed by atoms with van der Waals surface area (Å²) in [5.74, 6) is 0.768. The molecule has 0 amide bonds. The molecule has 0 saturated carbocycles. The van der Waals surface area contributed by atoms with Crippen LogP contribution in [0.25, 0.3) is 0 Å². The Bertz CT molecular complexity index is 1100. The minimum Gasteiger partial charge on any atom is -0.458 e. The Balaban J connectivity index is 1.82. The van der Waals surface area contributed by atoms with Crippen LogP contribution < -0.4 is 0 Å². The molecule has 1 fully saturated rings. The van der Waals surface area contributed by atoms with E-state index in [0.717, 1.165) is 11.5 Å². The first-order chi connectivity index (χ1) is 16.7. The number of hydrogen-bond donors (Lipinski definition) is 0. The number of likely N-dealkylation sites (N-methyl/N-ethyl adjacent to an activating group) is 2. The predicted octanol–water partition coefficient (Wildman–Crippen LogP) is 5.26. The molecule has 5 nitrogen and oxygen atoms in total. The van der Waals surface area contributed by atoms with E-state index in [-0.39, 0.29) is 24.6 Å². The van der Waals surface area contributed by atoms with Crippen molar-refractivity contribution in [3.63, 3.8) is 0 Å². The minimum absolute atomic E-state index is 0.0931. The summed E-state index contributed by atoms with van der Waals surface area (Å²) in [6.07, 6.45) is 0. The molecule has 182 valence electrons. The monoisotopic (exact) mass is 470 g/mol. The van der Waals surface area contributed by atoms with Crippen molar-refractivity contribution < 1.29 is 14.1 Å². The van der Waals surface area contributed by atoms with Gasteiger partial charge in [-0.1, -0.05) is 91.0 Å². The lowest BCUT2D eigenvalue weighted by Crippen LogP contribution is -2.41. The second kappa shape index (κ2) is 10.3. The van der Waals surface area contributed by atoms with Gasteiger partial charge in [-0.15, -0.1) is 0 Å². The van der Waals surface area contributed by atoms with E-state index in [0.29, 0.717) is 6.54 Å². The van der Waals surface area contributed by atoms with E-state index in [1.807, 2.05) is 39.0 Å². The third kappa shape index (κ3) is 5.73. The normalized spacial score (nSPS) is 18.0. The maximum absolute atomic E-state index is 13.0. The maximum atomic E-state index is 13.0. The summed E-state index contributed by atoms with van der Waals surface area (Å²) in [5.41, 5.74) is 3.09. The van der Waals surface area contributed by atoms with Gasteiger partial charge in [-0.05, 0) is 37.5 Å². The molecule has 4 rings (SSSR count). The molecule has 5 heteroatoms. The quantitative estimate of drug-likeness (QED) is 0.364. The molecule has 0 aliphatic carbocycles. The van der Waals surface area contributed by atoms with Crippen LogP contribution in [-0.2, 0) is 16.1 Å². The van der Waals surface area contributed by atoms with E-state index in [9.17, 15) is 4.79 Å². The molecule has 0 radical (unpaired) electrons. The largest absolute Gasteiger partial charge is 0.458 e. The van der Waals surface area contributed by atoms with Gasteiger partial charge in [0.15, 0.2) is 6.54 Å². The summed E-state index contributed by atoms with van der Waals surface area (Å²) < 4.78 is 7.87. The number of rotatable bonds is 6. The van der Waals surface area contributed by atoms with Crippen LogP contribution in [0.5, 0.6) is 0 Å². The van der Waals surface area contributed by atoms with Gasteiger partial charge in [0.1, 0.15) is 17.7 Å². The first kappa shape index (κ1) is 24.5.